The fourth-order valence-corrected chi connectivity index (χ4v) is 4.58. The standard InChI is InChI=1S/C20H19ClN8OS/c21-15-9-22-20(23-10-15)28-7-5-14(6-8-28)19-25-16(12-31-19)11-30-18-3-1-17(2-4-18)29-13-24-26-27-29/h1-4,9-10,12-14H,5-8,11H2. The van der Waals surface area contributed by atoms with Crippen LogP contribution in [-0.2, 0) is 6.61 Å². The smallest absolute Gasteiger partial charge is 0.225 e. The third-order valence-electron chi connectivity index (χ3n) is 5.14. The van der Waals surface area contributed by atoms with Crippen molar-refractivity contribution in [1.29, 1.82) is 0 Å². The molecule has 0 saturated carbocycles. The van der Waals surface area contributed by atoms with Crippen molar-refractivity contribution in [3.8, 4) is 11.4 Å². The second-order valence-corrected chi connectivity index (χ2v) is 8.50. The predicted octanol–water partition coefficient (Wildman–Crippen LogP) is 3.53. The van der Waals surface area contributed by atoms with Crippen molar-refractivity contribution in [3.05, 3.63) is 64.1 Å². The van der Waals surface area contributed by atoms with Crippen LogP contribution in [0.3, 0.4) is 0 Å². The van der Waals surface area contributed by atoms with Gasteiger partial charge in [-0.15, -0.1) is 16.4 Å². The number of halogens is 1. The van der Waals surface area contributed by atoms with Crippen LogP contribution in [0, 0.1) is 0 Å². The molecule has 4 heterocycles. The molecule has 0 unspecified atom stereocenters. The van der Waals surface area contributed by atoms with Crippen molar-refractivity contribution in [2.45, 2.75) is 25.4 Å². The van der Waals surface area contributed by atoms with Gasteiger partial charge in [0.1, 0.15) is 18.7 Å². The predicted molar refractivity (Wildman–Crippen MR) is 117 cm³/mol. The molecule has 1 aliphatic rings. The number of ether oxygens (including phenoxy) is 1. The fourth-order valence-electron chi connectivity index (χ4n) is 3.50. The van der Waals surface area contributed by atoms with Crippen LogP contribution in [0.5, 0.6) is 5.75 Å². The molecule has 0 atom stereocenters. The minimum Gasteiger partial charge on any atom is -0.487 e. The molecule has 1 fully saturated rings. The number of thiazole rings is 1. The van der Waals surface area contributed by atoms with Crippen LogP contribution in [0.2, 0.25) is 5.02 Å². The van der Waals surface area contributed by atoms with Crippen molar-refractivity contribution >= 4 is 28.9 Å². The third kappa shape index (κ3) is 4.64. The van der Waals surface area contributed by atoms with E-state index < -0.39 is 0 Å². The van der Waals surface area contributed by atoms with Gasteiger partial charge in [0.15, 0.2) is 0 Å². The molecule has 0 bridgehead atoms. The van der Waals surface area contributed by atoms with E-state index in [1.165, 1.54) is 5.01 Å². The number of anilines is 1. The maximum absolute atomic E-state index is 5.90. The van der Waals surface area contributed by atoms with Crippen LogP contribution in [0.15, 0.2) is 48.4 Å². The normalized spacial score (nSPS) is 14.7. The quantitative estimate of drug-likeness (QED) is 0.436. The van der Waals surface area contributed by atoms with Gasteiger partial charge >= 0.3 is 0 Å². The summed E-state index contributed by atoms with van der Waals surface area (Å²) in [6.45, 7) is 2.26. The van der Waals surface area contributed by atoms with Crippen LogP contribution in [0.25, 0.3) is 5.69 Å². The second-order valence-electron chi connectivity index (χ2n) is 7.18. The first-order valence-corrected chi connectivity index (χ1v) is 11.1. The molecule has 31 heavy (non-hydrogen) atoms. The Morgan fingerprint density at radius 2 is 1.87 bits per heavy atom. The number of aromatic nitrogens is 7. The Hall–Kier alpha value is -3.11. The lowest BCUT2D eigenvalue weighted by molar-refractivity contribution is 0.301. The Labute approximate surface area is 187 Å². The highest BCUT2D eigenvalue weighted by molar-refractivity contribution is 7.09. The summed E-state index contributed by atoms with van der Waals surface area (Å²) < 4.78 is 7.50. The van der Waals surface area contributed by atoms with Gasteiger partial charge in [0, 0.05) is 24.4 Å². The molecule has 0 aliphatic carbocycles. The van der Waals surface area contributed by atoms with Crippen molar-refractivity contribution in [2.75, 3.05) is 18.0 Å². The van der Waals surface area contributed by atoms with Gasteiger partial charge < -0.3 is 9.64 Å². The van der Waals surface area contributed by atoms with E-state index in [1.54, 1.807) is 34.7 Å². The molecule has 11 heteroatoms. The lowest BCUT2D eigenvalue weighted by atomic mass is 9.98. The summed E-state index contributed by atoms with van der Waals surface area (Å²) in [6, 6.07) is 7.63. The van der Waals surface area contributed by atoms with E-state index in [0.29, 0.717) is 17.5 Å². The zero-order chi connectivity index (χ0) is 21.0. The topological polar surface area (TPSA) is 94.7 Å². The largest absolute Gasteiger partial charge is 0.487 e. The van der Waals surface area contributed by atoms with E-state index in [1.807, 2.05) is 24.3 Å². The van der Waals surface area contributed by atoms with Crippen molar-refractivity contribution in [3.63, 3.8) is 0 Å². The molecule has 9 nitrogen and oxygen atoms in total. The zero-order valence-corrected chi connectivity index (χ0v) is 18.1. The van der Waals surface area contributed by atoms with Gasteiger partial charge in [-0.05, 0) is 47.5 Å². The SMILES string of the molecule is Clc1cnc(N2CCC(c3nc(COc4ccc(-n5cnnn5)cc4)cs3)CC2)nc1. The number of piperidine rings is 1. The van der Waals surface area contributed by atoms with Crippen LogP contribution >= 0.6 is 22.9 Å². The summed E-state index contributed by atoms with van der Waals surface area (Å²) >= 11 is 7.59. The Kier molecular flexibility index (Phi) is 5.72. The molecule has 1 aromatic carbocycles. The zero-order valence-electron chi connectivity index (χ0n) is 16.5. The minimum atomic E-state index is 0.443. The van der Waals surface area contributed by atoms with Crippen molar-refractivity contribution in [1.82, 2.24) is 35.2 Å². The lowest BCUT2D eigenvalue weighted by Crippen LogP contribution is -2.34. The maximum Gasteiger partial charge on any atom is 0.225 e. The van der Waals surface area contributed by atoms with Gasteiger partial charge in [-0.2, -0.15) is 0 Å². The van der Waals surface area contributed by atoms with Crippen LogP contribution < -0.4 is 9.64 Å². The first-order chi connectivity index (χ1) is 15.2. The summed E-state index contributed by atoms with van der Waals surface area (Å²) in [7, 11) is 0. The Balaban J connectivity index is 1.14. The number of benzene rings is 1. The van der Waals surface area contributed by atoms with Gasteiger partial charge in [0.05, 0.1) is 33.8 Å². The van der Waals surface area contributed by atoms with Gasteiger partial charge in [-0.1, -0.05) is 11.6 Å². The molecule has 0 amide bonds. The average Bonchev–Trinajstić information content (AvgIpc) is 3.51. The first kappa shape index (κ1) is 19.8. The fraction of sp³-hybridized carbons (Fsp3) is 0.300. The molecule has 158 valence electrons. The minimum absolute atomic E-state index is 0.443. The molecule has 4 aromatic rings. The highest BCUT2D eigenvalue weighted by Crippen LogP contribution is 2.31. The summed E-state index contributed by atoms with van der Waals surface area (Å²) in [4.78, 5) is 15.6. The van der Waals surface area contributed by atoms with Gasteiger partial charge in [0.2, 0.25) is 5.95 Å². The van der Waals surface area contributed by atoms with Crippen molar-refractivity contribution in [2.24, 2.45) is 0 Å². The maximum atomic E-state index is 5.90. The number of rotatable bonds is 6. The molecular formula is C20H19ClN8OS. The van der Waals surface area contributed by atoms with E-state index in [2.05, 4.69) is 35.8 Å². The molecule has 1 saturated heterocycles. The molecule has 1 aliphatic heterocycles. The summed E-state index contributed by atoms with van der Waals surface area (Å²) in [6.07, 6.45) is 6.89. The Morgan fingerprint density at radius 1 is 1.10 bits per heavy atom. The number of hydrogen-bond donors (Lipinski definition) is 0. The van der Waals surface area contributed by atoms with E-state index >= 15 is 0 Å². The molecule has 0 N–H and O–H groups in total. The van der Waals surface area contributed by atoms with Gasteiger partial charge in [-0.3, -0.25) is 0 Å². The Bertz CT molecular complexity index is 1110. The monoisotopic (exact) mass is 454 g/mol. The molecule has 5 rings (SSSR count). The molecular weight excluding hydrogens is 436 g/mol. The number of nitrogens with zero attached hydrogens (tertiary/aromatic N) is 8. The number of tetrazole rings is 1. The second kappa shape index (κ2) is 8.94. The summed E-state index contributed by atoms with van der Waals surface area (Å²) in [5.74, 6) is 1.97. The van der Waals surface area contributed by atoms with Crippen LogP contribution in [0.4, 0.5) is 5.95 Å². The molecule has 3 aromatic heterocycles. The van der Waals surface area contributed by atoms with Gasteiger partial charge in [0.25, 0.3) is 0 Å². The highest BCUT2D eigenvalue weighted by atomic mass is 35.5. The molecule has 0 spiro atoms. The lowest BCUT2D eigenvalue weighted by Gasteiger charge is -2.31. The van der Waals surface area contributed by atoms with Crippen molar-refractivity contribution < 1.29 is 4.74 Å². The number of hydrogen-bond acceptors (Lipinski definition) is 9. The van der Waals surface area contributed by atoms with E-state index in [9.17, 15) is 0 Å². The average molecular weight is 455 g/mol. The van der Waals surface area contributed by atoms with E-state index in [-0.39, 0.29) is 0 Å². The van der Waals surface area contributed by atoms with E-state index in [0.717, 1.165) is 49.0 Å². The van der Waals surface area contributed by atoms with Crippen LogP contribution in [-0.4, -0.2) is 48.2 Å². The molecule has 0 radical (unpaired) electrons. The summed E-state index contributed by atoms with van der Waals surface area (Å²) in [5.41, 5.74) is 1.83. The van der Waals surface area contributed by atoms with E-state index in [4.69, 9.17) is 21.3 Å². The van der Waals surface area contributed by atoms with Gasteiger partial charge in [-0.25, -0.2) is 19.6 Å². The summed E-state index contributed by atoms with van der Waals surface area (Å²) in [5, 5.41) is 15.0. The Morgan fingerprint density at radius 3 is 2.58 bits per heavy atom. The third-order valence-corrected chi connectivity index (χ3v) is 6.39. The first-order valence-electron chi connectivity index (χ1n) is 9.87. The van der Waals surface area contributed by atoms with Crippen LogP contribution in [0.1, 0.15) is 29.5 Å². The highest BCUT2D eigenvalue weighted by Gasteiger charge is 2.24.